The molecule has 3 N–H and O–H groups in total. The van der Waals surface area contributed by atoms with Gasteiger partial charge < -0.3 is 16.0 Å². The Balaban J connectivity index is 0.00000576. The highest BCUT2D eigenvalue weighted by molar-refractivity contribution is 14.0. The summed E-state index contributed by atoms with van der Waals surface area (Å²) in [6.45, 7) is 6.60. The number of hydrogen-bond donors (Lipinski definition) is 3. The van der Waals surface area contributed by atoms with Crippen LogP contribution >= 0.6 is 24.0 Å². The summed E-state index contributed by atoms with van der Waals surface area (Å²) in [6.07, 6.45) is 6.27. The van der Waals surface area contributed by atoms with Crippen molar-refractivity contribution in [3.8, 4) is 0 Å². The Morgan fingerprint density at radius 2 is 2.00 bits per heavy atom. The summed E-state index contributed by atoms with van der Waals surface area (Å²) in [5, 5.41) is 9.55. The van der Waals surface area contributed by atoms with E-state index in [4.69, 9.17) is 0 Å². The van der Waals surface area contributed by atoms with Gasteiger partial charge in [0, 0.05) is 32.2 Å². The molecule has 1 aromatic carbocycles. The monoisotopic (exact) mass is 460 g/mol. The Kier molecular flexibility index (Phi) is 13.2. The van der Waals surface area contributed by atoms with Crippen molar-refractivity contribution < 1.29 is 4.79 Å². The third-order valence-electron chi connectivity index (χ3n) is 3.80. The molecule has 0 spiro atoms. The van der Waals surface area contributed by atoms with Crippen LogP contribution in [-0.2, 0) is 11.3 Å². The van der Waals surface area contributed by atoms with E-state index in [2.05, 4.69) is 34.8 Å². The summed E-state index contributed by atoms with van der Waals surface area (Å²) in [6, 6.07) is 8.22. The van der Waals surface area contributed by atoms with Gasteiger partial charge in [-0.2, -0.15) is 0 Å². The van der Waals surface area contributed by atoms with E-state index in [-0.39, 0.29) is 29.9 Å². The first-order valence-corrected chi connectivity index (χ1v) is 8.88. The fourth-order valence-corrected chi connectivity index (χ4v) is 2.53. The number of nitrogens with one attached hydrogen (secondary N) is 3. The van der Waals surface area contributed by atoms with Crippen molar-refractivity contribution in [1.82, 2.24) is 10.6 Å². The van der Waals surface area contributed by atoms with Crippen LogP contribution in [0.15, 0.2) is 29.3 Å². The summed E-state index contributed by atoms with van der Waals surface area (Å²) in [7, 11) is 1.78. The average molecular weight is 460 g/mol. The maximum Gasteiger partial charge on any atom is 0.221 e. The van der Waals surface area contributed by atoms with Crippen molar-refractivity contribution >= 4 is 41.5 Å². The summed E-state index contributed by atoms with van der Waals surface area (Å²) in [4.78, 5) is 15.4. The molecule has 142 valence electrons. The highest BCUT2D eigenvalue weighted by Crippen LogP contribution is 2.10. The van der Waals surface area contributed by atoms with Gasteiger partial charge >= 0.3 is 0 Å². The molecule has 1 rings (SSSR count). The van der Waals surface area contributed by atoms with Crippen LogP contribution in [0.4, 0.5) is 5.69 Å². The Morgan fingerprint density at radius 1 is 1.24 bits per heavy atom. The van der Waals surface area contributed by atoms with E-state index >= 15 is 0 Å². The van der Waals surface area contributed by atoms with Crippen molar-refractivity contribution in [2.45, 2.75) is 65.5 Å². The zero-order valence-electron chi connectivity index (χ0n) is 15.9. The Morgan fingerprint density at radius 3 is 2.64 bits per heavy atom. The predicted molar refractivity (Wildman–Crippen MR) is 118 cm³/mol. The summed E-state index contributed by atoms with van der Waals surface area (Å²) in [5.41, 5.74) is 1.91. The van der Waals surface area contributed by atoms with E-state index < -0.39 is 0 Å². The maximum absolute atomic E-state index is 11.1. The second-order valence-electron chi connectivity index (χ2n) is 6.20. The molecule has 0 aliphatic carbocycles. The molecule has 6 heteroatoms. The Bertz CT molecular complexity index is 534. The number of carbonyl (C=O) groups excluding carboxylic acids is 1. The van der Waals surface area contributed by atoms with Gasteiger partial charge in [-0.1, -0.05) is 44.7 Å². The number of unbranched alkanes of at least 4 members (excludes halogenated alkanes) is 3. The first kappa shape index (κ1) is 23.7. The number of nitrogens with zero attached hydrogens (tertiary/aromatic N) is 1. The van der Waals surface area contributed by atoms with E-state index in [9.17, 15) is 4.79 Å². The van der Waals surface area contributed by atoms with E-state index in [1.165, 1.54) is 32.6 Å². The topological polar surface area (TPSA) is 65.5 Å². The minimum absolute atomic E-state index is 0. The van der Waals surface area contributed by atoms with Crippen LogP contribution in [0.5, 0.6) is 0 Å². The van der Waals surface area contributed by atoms with Gasteiger partial charge in [-0.25, -0.2) is 0 Å². The minimum atomic E-state index is -0.0607. The third-order valence-corrected chi connectivity index (χ3v) is 3.80. The number of halogens is 1. The van der Waals surface area contributed by atoms with Crippen LogP contribution in [0, 0.1) is 0 Å². The highest BCUT2D eigenvalue weighted by Gasteiger charge is 2.05. The van der Waals surface area contributed by atoms with Gasteiger partial charge in [-0.15, -0.1) is 24.0 Å². The molecule has 1 amide bonds. The summed E-state index contributed by atoms with van der Waals surface area (Å²) < 4.78 is 0. The standard InChI is InChI=1S/C19H32N4O.HI/c1-5-6-7-8-10-15(2)22-19(20-4)21-14-17-11-9-12-18(13-17)23-16(3)24;/h9,11-13,15H,5-8,10,14H2,1-4H3,(H,23,24)(H2,20,21,22);1H. The van der Waals surface area contributed by atoms with Crippen molar-refractivity contribution in [2.24, 2.45) is 4.99 Å². The number of amides is 1. The molecule has 0 aromatic heterocycles. The van der Waals surface area contributed by atoms with Crippen LogP contribution < -0.4 is 16.0 Å². The second-order valence-corrected chi connectivity index (χ2v) is 6.20. The number of aliphatic imine (C=N–C) groups is 1. The fourth-order valence-electron chi connectivity index (χ4n) is 2.53. The quantitative estimate of drug-likeness (QED) is 0.223. The molecule has 1 aromatic rings. The van der Waals surface area contributed by atoms with E-state index in [1.807, 2.05) is 24.3 Å². The van der Waals surface area contributed by atoms with Crippen molar-refractivity contribution in [3.05, 3.63) is 29.8 Å². The number of benzene rings is 1. The molecule has 0 aliphatic rings. The molecule has 0 radical (unpaired) electrons. The van der Waals surface area contributed by atoms with Crippen molar-refractivity contribution in [3.63, 3.8) is 0 Å². The largest absolute Gasteiger partial charge is 0.354 e. The number of carbonyl (C=O) groups is 1. The lowest BCUT2D eigenvalue weighted by Crippen LogP contribution is -2.41. The average Bonchev–Trinajstić information content (AvgIpc) is 2.55. The van der Waals surface area contributed by atoms with Gasteiger partial charge in [0.25, 0.3) is 0 Å². The molecule has 0 saturated heterocycles. The Hall–Kier alpha value is -1.31. The van der Waals surface area contributed by atoms with Crippen molar-refractivity contribution in [1.29, 1.82) is 0 Å². The molecule has 25 heavy (non-hydrogen) atoms. The van der Waals surface area contributed by atoms with Crippen LogP contribution in [0.2, 0.25) is 0 Å². The summed E-state index contributed by atoms with van der Waals surface area (Å²) in [5.74, 6) is 0.748. The number of guanidine groups is 1. The second kappa shape index (κ2) is 13.9. The smallest absolute Gasteiger partial charge is 0.221 e. The third kappa shape index (κ3) is 11.0. The van der Waals surface area contributed by atoms with Crippen LogP contribution in [0.25, 0.3) is 0 Å². The molecule has 0 aliphatic heterocycles. The summed E-state index contributed by atoms with van der Waals surface area (Å²) >= 11 is 0. The van der Waals surface area contributed by atoms with E-state index in [0.717, 1.165) is 23.6 Å². The van der Waals surface area contributed by atoms with Gasteiger partial charge in [-0.3, -0.25) is 9.79 Å². The molecule has 0 bridgehead atoms. The van der Waals surface area contributed by atoms with Gasteiger partial charge in [0.15, 0.2) is 5.96 Å². The SMILES string of the molecule is CCCCCCC(C)NC(=NC)NCc1cccc(NC(C)=O)c1.I. The lowest BCUT2D eigenvalue weighted by Gasteiger charge is -2.18. The Labute approximate surface area is 169 Å². The predicted octanol–water partition coefficient (Wildman–Crippen LogP) is 4.29. The van der Waals surface area contributed by atoms with E-state index in [1.54, 1.807) is 7.05 Å². The lowest BCUT2D eigenvalue weighted by molar-refractivity contribution is -0.114. The maximum atomic E-state index is 11.1. The fraction of sp³-hybridized carbons (Fsp3) is 0.579. The van der Waals surface area contributed by atoms with Crippen LogP contribution in [-0.4, -0.2) is 25.0 Å². The zero-order valence-corrected chi connectivity index (χ0v) is 18.2. The zero-order chi connectivity index (χ0) is 17.8. The molecule has 1 atom stereocenters. The molecular weight excluding hydrogens is 427 g/mol. The van der Waals surface area contributed by atoms with Gasteiger partial charge in [-0.05, 0) is 31.0 Å². The normalized spacial score (nSPS) is 12.1. The molecule has 1 unspecified atom stereocenters. The number of hydrogen-bond acceptors (Lipinski definition) is 2. The van der Waals surface area contributed by atoms with Crippen LogP contribution in [0.1, 0.15) is 58.4 Å². The van der Waals surface area contributed by atoms with Gasteiger partial charge in [0.2, 0.25) is 5.91 Å². The lowest BCUT2D eigenvalue weighted by atomic mass is 10.1. The molecule has 0 saturated carbocycles. The van der Waals surface area contributed by atoms with Gasteiger partial charge in [0.1, 0.15) is 0 Å². The van der Waals surface area contributed by atoms with E-state index in [0.29, 0.717) is 12.6 Å². The molecule has 0 fully saturated rings. The first-order chi connectivity index (χ1) is 11.5. The molecule has 0 heterocycles. The molecular formula is C19H33IN4O. The first-order valence-electron chi connectivity index (χ1n) is 8.88. The minimum Gasteiger partial charge on any atom is -0.354 e. The van der Waals surface area contributed by atoms with Crippen LogP contribution in [0.3, 0.4) is 0 Å². The van der Waals surface area contributed by atoms with Crippen molar-refractivity contribution in [2.75, 3.05) is 12.4 Å². The number of anilines is 1. The van der Waals surface area contributed by atoms with Gasteiger partial charge in [0.05, 0.1) is 0 Å². The number of rotatable bonds is 9. The molecule has 5 nitrogen and oxygen atoms in total. The highest BCUT2D eigenvalue weighted by atomic mass is 127.